The Labute approximate surface area is 406 Å². The number of esters is 1. The molecular weight excluding hydrogens is 891 g/mol. The minimum Gasteiger partial charge on any atom is -0.460 e. The Kier molecular flexibility index (Phi) is 20.7. The Morgan fingerprint density at radius 3 is 2.32 bits per heavy atom. The van der Waals surface area contributed by atoms with Gasteiger partial charge >= 0.3 is 5.97 Å². The zero-order chi connectivity index (χ0) is 50.6. The van der Waals surface area contributed by atoms with E-state index in [4.69, 9.17) is 23.7 Å². The van der Waals surface area contributed by atoms with Crippen molar-refractivity contribution < 1.29 is 63.0 Å². The molecule has 1 aromatic rings. The molecule has 1 aromatic heterocycles. The Bertz CT molecular complexity index is 2020. The van der Waals surface area contributed by atoms with Crippen LogP contribution >= 0.6 is 0 Å². The van der Waals surface area contributed by atoms with Crippen molar-refractivity contribution in [2.45, 2.75) is 179 Å². The van der Waals surface area contributed by atoms with Gasteiger partial charge in [0.25, 0.3) is 11.7 Å². The largest absolute Gasteiger partial charge is 0.460 e. The van der Waals surface area contributed by atoms with Crippen molar-refractivity contribution in [3.63, 3.8) is 0 Å². The van der Waals surface area contributed by atoms with Crippen molar-refractivity contribution in [2.24, 2.45) is 29.6 Å². The van der Waals surface area contributed by atoms with Crippen LogP contribution in [0.2, 0.25) is 0 Å². The van der Waals surface area contributed by atoms with E-state index in [1.807, 2.05) is 39.0 Å². The van der Waals surface area contributed by atoms with Crippen molar-refractivity contribution in [3.8, 4) is 0 Å². The summed E-state index contributed by atoms with van der Waals surface area (Å²) in [6.07, 6.45) is 10.7. The van der Waals surface area contributed by atoms with E-state index in [9.17, 15) is 39.3 Å². The van der Waals surface area contributed by atoms with Crippen molar-refractivity contribution in [3.05, 3.63) is 53.9 Å². The van der Waals surface area contributed by atoms with Gasteiger partial charge in [0.1, 0.15) is 42.6 Å². The number of carbonyl (C=O) groups excluding carboxylic acids is 5. The van der Waals surface area contributed by atoms with Crippen LogP contribution in [-0.4, -0.2) is 152 Å². The molecule has 1 unspecified atom stereocenters. The number of hydrogen-bond acceptors (Lipinski definition) is 16. The van der Waals surface area contributed by atoms with Crippen LogP contribution in [-0.2, 0) is 47.7 Å². The molecule has 384 valence electrons. The van der Waals surface area contributed by atoms with Gasteiger partial charge in [0.2, 0.25) is 5.79 Å². The number of methoxy groups -OCH3 is 3. The lowest BCUT2D eigenvalue weighted by atomic mass is 9.77. The van der Waals surface area contributed by atoms with Crippen molar-refractivity contribution >= 4 is 29.2 Å². The second-order valence-electron chi connectivity index (χ2n) is 20.0. The lowest BCUT2D eigenvalue weighted by molar-refractivity contribution is -0.265. The predicted octanol–water partition coefficient (Wildman–Crippen LogP) is 4.77. The molecular formula is C51H77N5O13. The smallest absolute Gasteiger partial charge is 0.329 e. The number of aliphatic hydroxyl groups is 3. The average Bonchev–Trinajstić information content (AvgIpc) is 3.88. The van der Waals surface area contributed by atoms with Crippen LogP contribution in [0.1, 0.15) is 125 Å². The number of cyclic esters (lactones) is 1. The summed E-state index contributed by atoms with van der Waals surface area (Å²) in [5, 5.41) is 46.0. The maximum Gasteiger partial charge on any atom is 0.329 e. The van der Waals surface area contributed by atoms with E-state index in [1.165, 1.54) is 12.0 Å². The van der Waals surface area contributed by atoms with E-state index in [0.29, 0.717) is 38.5 Å². The molecule has 3 N–H and O–H groups in total. The zero-order valence-electron chi connectivity index (χ0n) is 42.0. The first-order valence-corrected chi connectivity index (χ1v) is 24.7. The van der Waals surface area contributed by atoms with Crippen molar-refractivity contribution in [1.82, 2.24) is 25.1 Å². The Hall–Kier alpha value is -4.30. The van der Waals surface area contributed by atoms with Gasteiger partial charge in [0, 0.05) is 52.6 Å². The Morgan fingerprint density at radius 2 is 1.64 bits per heavy atom. The van der Waals surface area contributed by atoms with Crippen LogP contribution < -0.4 is 0 Å². The first kappa shape index (κ1) is 55.6. The number of tetrazole rings is 1. The summed E-state index contributed by atoms with van der Waals surface area (Å²) in [6, 6.07) is -1.23. The third kappa shape index (κ3) is 14.2. The quantitative estimate of drug-likeness (QED) is 0.189. The third-order valence-electron chi connectivity index (χ3n) is 14.9. The van der Waals surface area contributed by atoms with E-state index in [2.05, 4.69) is 15.5 Å². The highest BCUT2D eigenvalue weighted by molar-refractivity contribution is 6.39. The molecule has 2 saturated heterocycles. The Morgan fingerprint density at radius 1 is 0.884 bits per heavy atom. The summed E-state index contributed by atoms with van der Waals surface area (Å²) in [4.78, 5) is 71.9. The average molecular weight is 968 g/mol. The maximum atomic E-state index is 14.5. The number of carbonyl (C=O) groups is 5. The number of rotatable bonds is 7. The molecule has 0 spiro atoms. The van der Waals surface area contributed by atoms with Gasteiger partial charge in [-0.1, -0.05) is 64.2 Å². The molecule has 1 saturated carbocycles. The van der Waals surface area contributed by atoms with Crippen molar-refractivity contribution in [2.75, 3.05) is 27.9 Å². The van der Waals surface area contributed by atoms with Gasteiger partial charge in [-0.15, -0.1) is 5.10 Å². The van der Waals surface area contributed by atoms with Gasteiger partial charge in [-0.25, -0.2) is 9.48 Å². The van der Waals surface area contributed by atoms with Crippen LogP contribution in [0.5, 0.6) is 0 Å². The van der Waals surface area contributed by atoms with Crippen LogP contribution in [0.3, 0.4) is 0 Å². The molecule has 18 heteroatoms. The van der Waals surface area contributed by atoms with Crippen LogP contribution in [0, 0.1) is 29.6 Å². The Balaban J connectivity index is 1.46. The van der Waals surface area contributed by atoms with Gasteiger partial charge in [-0.3, -0.25) is 19.2 Å². The van der Waals surface area contributed by atoms with Gasteiger partial charge in [-0.2, -0.15) is 0 Å². The molecule has 5 rings (SSSR count). The number of aromatic nitrogens is 4. The van der Waals surface area contributed by atoms with Gasteiger partial charge in [0.15, 0.2) is 5.78 Å². The molecule has 1 aliphatic carbocycles. The topological polar surface area (TPSA) is 239 Å². The first-order valence-electron chi connectivity index (χ1n) is 24.7. The maximum absolute atomic E-state index is 14.5. The minimum atomic E-state index is -2.45. The molecule has 69 heavy (non-hydrogen) atoms. The highest BCUT2D eigenvalue weighted by atomic mass is 16.6. The van der Waals surface area contributed by atoms with Crippen LogP contribution in [0.4, 0.5) is 0 Å². The summed E-state index contributed by atoms with van der Waals surface area (Å²) in [7, 11) is 4.47. The fourth-order valence-electron chi connectivity index (χ4n) is 10.4. The van der Waals surface area contributed by atoms with E-state index < -0.39 is 83.7 Å². The van der Waals surface area contributed by atoms with E-state index >= 15 is 0 Å². The highest BCUT2D eigenvalue weighted by Gasteiger charge is 2.53. The molecule has 3 fully saturated rings. The van der Waals surface area contributed by atoms with Crippen LogP contribution in [0.15, 0.2) is 53.9 Å². The number of allylic oxidation sites excluding steroid dienone is 6. The molecule has 18 nitrogen and oxygen atoms in total. The normalized spacial score (nSPS) is 38.8. The lowest BCUT2D eigenvalue weighted by Gasteiger charge is -2.42. The van der Waals surface area contributed by atoms with E-state index in [-0.39, 0.29) is 73.5 Å². The summed E-state index contributed by atoms with van der Waals surface area (Å²) < 4.78 is 31.3. The number of ketones is 3. The van der Waals surface area contributed by atoms with Crippen LogP contribution in [0.25, 0.3) is 0 Å². The lowest BCUT2D eigenvalue weighted by Crippen LogP contribution is -2.61. The number of nitrogens with zero attached hydrogens (tertiary/aromatic N) is 5. The van der Waals surface area contributed by atoms with E-state index in [0.717, 1.165) is 18.4 Å². The molecule has 2 bridgehead atoms. The second-order valence-corrected chi connectivity index (χ2v) is 20.0. The molecule has 0 radical (unpaired) electrons. The number of piperidine rings is 1. The molecule has 1 amide bonds. The summed E-state index contributed by atoms with van der Waals surface area (Å²) in [6.45, 7) is 10.6. The standard InChI is InChI=1S/C51H77N5O13/c1-30-15-11-10-12-16-31(2)42(65-7)27-37-20-18-35(6)51(64,69-37)48(61)49(62)55-22-14-13-17-39(55)50(63)68-43(33(4)25-36-19-21-38(44(26-36)66-8)56-29-52-53-54-56)28-40(57)32(3)24-34(5)45(59)47(67-9)46(60)41(58)23-30/h10-12,15-16,24,29-30,32-33,35-39,41-45,47,58-59,64H,13-14,17-23,25-28H2,1-9H3/b12-10+,15-11+,31-16+,34-24+/t30-,32-,33-,35-,36+,37+,38?,39+,41-,42+,43+,44-,45-,47-,51-/m1/s1. The van der Waals surface area contributed by atoms with Gasteiger partial charge in [0.05, 0.1) is 24.4 Å². The fraction of sp³-hybridized carbons (Fsp3) is 0.725. The SMILES string of the molecule is CO[C@H]1C[C@@H]2CC[C@@H](C)[C@@](O)(O2)C(=O)C(=O)N2CCCC[C@H]2C(=O)O[C@H]([C@H](C)C[C@@H]2CCC(n3cnnn3)[C@H](OC)C2)CC(=O)[C@H](C)/C=C(\C)[C@@H](O)[C@@H](OC)C(=O)[C@H](O)C[C@H](C)/C=C/C=C/C=C/1C. The zero-order valence-corrected chi connectivity index (χ0v) is 42.0. The first-order chi connectivity index (χ1) is 32.8. The number of hydrogen-bond donors (Lipinski definition) is 3. The monoisotopic (exact) mass is 968 g/mol. The molecule has 15 atom stereocenters. The second kappa shape index (κ2) is 25.7. The fourth-order valence-corrected chi connectivity index (χ4v) is 10.4. The van der Waals surface area contributed by atoms with Gasteiger partial charge in [-0.05, 0) is 117 Å². The van der Waals surface area contributed by atoms with E-state index in [1.54, 1.807) is 64.2 Å². The minimum absolute atomic E-state index is 0.0656. The highest BCUT2D eigenvalue weighted by Crippen LogP contribution is 2.39. The predicted molar refractivity (Wildman–Crippen MR) is 253 cm³/mol. The number of ether oxygens (including phenoxy) is 5. The summed E-state index contributed by atoms with van der Waals surface area (Å²) in [5.41, 5.74) is 1.12. The number of amides is 1. The number of aliphatic hydroxyl groups excluding tert-OH is 2. The molecule has 3 aliphatic heterocycles. The number of Topliss-reactive ketones (excluding diaryl/α,β-unsaturated/α-hetero) is 3. The summed E-state index contributed by atoms with van der Waals surface area (Å²) >= 11 is 0. The third-order valence-corrected chi connectivity index (χ3v) is 14.9. The van der Waals surface area contributed by atoms with Gasteiger partial charge < -0.3 is 43.9 Å². The molecule has 0 aromatic carbocycles. The molecule has 4 aliphatic rings. The number of fused-ring (bicyclic) bond motifs is 3. The molecule has 4 heterocycles. The van der Waals surface area contributed by atoms with Crippen molar-refractivity contribution in [1.29, 1.82) is 0 Å². The summed E-state index contributed by atoms with van der Waals surface area (Å²) in [5.74, 6) is -8.42.